The average Bonchev–Trinajstić information content (AvgIpc) is 2.68. The molecule has 4 heteroatoms. The van der Waals surface area contributed by atoms with Crippen LogP contribution in [-0.4, -0.2) is 20.1 Å². The Bertz CT molecular complexity index is 786. The van der Waals surface area contributed by atoms with Crippen LogP contribution in [0.3, 0.4) is 0 Å². The Kier molecular flexibility index (Phi) is 2.69. The minimum absolute atomic E-state index is 0.765. The normalized spacial score (nSPS) is 11.0. The molecule has 0 saturated heterocycles. The topological polar surface area (TPSA) is 21.9 Å². The predicted octanol–water partition coefficient (Wildman–Crippen LogP) is 2.06. The molecule has 3 aromatic rings. The summed E-state index contributed by atoms with van der Waals surface area (Å²) >= 11 is 3.00. The van der Waals surface area contributed by atoms with Crippen molar-refractivity contribution in [1.29, 1.82) is 0 Å². The van der Waals surface area contributed by atoms with E-state index >= 15 is 0 Å². The van der Waals surface area contributed by atoms with Gasteiger partial charge in [-0.15, -0.1) is 0 Å². The van der Waals surface area contributed by atoms with Gasteiger partial charge in [0.05, 0.1) is 0 Å². The number of para-hydroxylation sites is 1. The third-order valence-corrected chi connectivity index (χ3v) is 3.62. The van der Waals surface area contributed by atoms with Gasteiger partial charge in [-0.1, -0.05) is 0 Å². The molecular formula is C14H13N2OSe+. The van der Waals surface area contributed by atoms with E-state index in [2.05, 4.69) is 43.8 Å². The predicted molar refractivity (Wildman–Crippen MR) is 70.5 cm³/mol. The van der Waals surface area contributed by atoms with E-state index in [0.717, 1.165) is 21.3 Å². The molecule has 0 aliphatic heterocycles. The zero-order valence-electron chi connectivity index (χ0n) is 10.3. The number of aryl methyl sites for hydroxylation is 2. The van der Waals surface area contributed by atoms with Crippen LogP contribution in [0.4, 0.5) is 0 Å². The maximum absolute atomic E-state index is 5.78. The summed E-state index contributed by atoms with van der Waals surface area (Å²) in [6.45, 7) is 2.09. The van der Waals surface area contributed by atoms with Gasteiger partial charge in [0.1, 0.15) is 0 Å². The second-order valence-electron chi connectivity index (χ2n) is 4.29. The molecule has 0 aliphatic rings. The Morgan fingerprint density at radius 3 is 2.78 bits per heavy atom. The number of hydrogen-bond donors (Lipinski definition) is 0. The molecule has 0 amide bonds. The van der Waals surface area contributed by atoms with E-state index in [1.807, 2.05) is 37.5 Å². The van der Waals surface area contributed by atoms with Crippen molar-refractivity contribution in [2.45, 2.75) is 6.92 Å². The fraction of sp³-hybridized carbons (Fsp3) is 0.143. The summed E-state index contributed by atoms with van der Waals surface area (Å²) in [4.78, 5) is 0. The van der Waals surface area contributed by atoms with Crippen molar-refractivity contribution in [2.24, 2.45) is 7.05 Å². The van der Waals surface area contributed by atoms with E-state index in [1.165, 1.54) is 5.56 Å². The Hall–Kier alpha value is -1.64. The number of nitrogens with zero attached hydrogens (tertiary/aromatic N) is 2. The number of benzene rings is 1. The van der Waals surface area contributed by atoms with Crippen LogP contribution in [0.2, 0.25) is 0 Å². The Labute approximate surface area is 113 Å². The van der Waals surface area contributed by atoms with Crippen LogP contribution >= 0.6 is 0 Å². The molecule has 90 valence electrons. The van der Waals surface area contributed by atoms with Crippen LogP contribution in [-0.2, 0) is 7.05 Å². The zero-order valence-corrected chi connectivity index (χ0v) is 12.0. The Balaban J connectivity index is 2.47. The zero-order chi connectivity index (χ0) is 12.7. The Morgan fingerprint density at radius 1 is 1.17 bits per heavy atom. The molecule has 18 heavy (non-hydrogen) atoms. The first-order valence-corrected chi connectivity index (χ1v) is 6.60. The van der Waals surface area contributed by atoms with Crippen LogP contribution in [0.25, 0.3) is 16.9 Å². The SMILES string of the molecule is Cc1cccc2oc(=[Se])n(-c3cccc[n+]3C)c12. The van der Waals surface area contributed by atoms with Crippen LogP contribution in [0.5, 0.6) is 0 Å². The molecule has 0 N–H and O–H groups in total. The molecule has 0 spiro atoms. The summed E-state index contributed by atoms with van der Waals surface area (Å²) in [5.41, 5.74) is 3.20. The van der Waals surface area contributed by atoms with Gasteiger partial charge in [-0.3, -0.25) is 0 Å². The van der Waals surface area contributed by atoms with Crippen LogP contribution < -0.4 is 4.57 Å². The van der Waals surface area contributed by atoms with E-state index in [4.69, 9.17) is 4.42 Å². The number of rotatable bonds is 1. The monoisotopic (exact) mass is 305 g/mol. The first-order valence-electron chi connectivity index (χ1n) is 5.74. The van der Waals surface area contributed by atoms with Crippen molar-refractivity contribution in [3.63, 3.8) is 0 Å². The summed E-state index contributed by atoms with van der Waals surface area (Å²) in [5, 5.41) is 0. The molecule has 2 aromatic heterocycles. The average molecular weight is 304 g/mol. The van der Waals surface area contributed by atoms with Crippen molar-refractivity contribution in [3.8, 4) is 5.82 Å². The van der Waals surface area contributed by atoms with Gasteiger partial charge in [0.2, 0.25) is 0 Å². The third kappa shape index (κ3) is 1.65. The van der Waals surface area contributed by atoms with Gasteiger partial charge in [-0.05, 0) is 0 Å². The van der Waals surface area contributed by atoms with Gasteiger partial charge in [0.25, 0.3) is 0 Å². The molecule has 0 radical (unpaired) electrons. The standard InChI is InChI=1S/C14H13N2OSe/c1-10-6-5-7-11-13(10)16(14(18)17-11)12-8-3-4-9-15(12)2/h3-9H,1-2H3/q+1. The summed E-state index contributed by atoms with van der Waals surface area (Å²) < 4.78 is 10.7. The van der Waals surface area contributed by atoms with Gasteiger partial charge < -0.3 is 0 Å². The molecule has 1 aromatic carbocycles. The number of oxazole rings is 1. The van der Waals surface area contributed by atoms with Crippen LogP contribution in [0, 0.1) is 11.3 Å². The first kappa shape index (κ1) is 11.4. The summed E-state index contributed by atoms with van der Waals surface area (Å²) in [6, 6.07) is 12.2. The fourth-order valence-electron chi connectivity index (χ4n) is 2.19. The van der Waals surface area contributed by atoms with E-state index in [9.17, 15) is 0 Å². The summed E-state index contributed by atoms with van der Waals surface area (Å²) in [6.07, 6.45) is 2.03. The van der Waals surface area contributed by atoms with E-state index < -0.39 is 0 Å². The maximum atomic E-state index is 5.78. The van der Waals surface area contributed by atoms with Gasteiger partial charge in [0.15, 0.2) is 0 Å². The molecule has 0 saturated carbocycles. The second-order valence-corrected chi connectivity index (χ2v) is 5.03. The van der Waals surface area contributed by atoms with E-state index in [1.54, 1.807) is 0 Å². The van der Waals surface area contributed by atoms with Crippen molar-refractivity contribution in [3.05, 3.63) is 52.5 Å². The number of fused-ring (bicyclic) bond motifs is 1. The van der Waals surface area contributed by atoms with E-state index in [0.29, 0.717) is 0 Å². The molecule has 0 atom stereocenters. The van der Waals surface area contributed by atoms with Gasteiger partial charge >= 0.3 is 113 Å². The van der Waals surface area contributed by atoms with Gasteiger partial charge in [-0.2, -0.15) is 0 Å². The molecular weight excluding hydrogens is 291 g/mol. The van der Waals surface area contributed by atoms with Crippen molar-refractivity contribution in [2.75, 3.05) is 0 Å². The number of pyridine rings is 1. The molecule has 0 unspecified atom stereocenters. The summed E-state index contributed by atoms with van der Waals surface area (Å²) in [5.74, 6) is 1.07. The van der Waals surface area contributed by atoms with Gasteiger partial charge in [-0.25, -0.2) is 0 Å². The second kappa shape index (κ2) is 4.23. The molecule has 3 rings (SSSR count). The minimum atomic E-state index is 0.765. The molecule has 0 fully saturated rings. The van der Waals surface area contributed by atoms with Crippen molar-refractivity contribution in [1.82, 2.24) is 4.57 Å². The van der Waals surface area contributed by atoms with Gasteiger partial charge in [0, 0.05) is 0 Å². The molecule has 2 heterocycles. The number of hydrogen-bond acceptors (Lipinski definition) is 1. The molecule has 3 nitrogen and oxygen atoms in total. The molecule has 0 bridgehead atoms. The van der Waals surface area contributed by atoms with E-state index in [-0.39, 0.29) is 0 Å². The summed E-state index contributed by atoms with van der Waals surface area (Å²) in [7, 11) is 2.03. The number of aromatic nitrogens is 2. The quantitative estimate of drug-likeness (QED) is 0.498. The van der Waals surface area contributed by atoms with Crippen molar-refractivity contribution < 1.29 is 8.98 Å². The van der Waals surface area contributed by atoms with Crippen LogP contribution in [0.1, 0.15) is 5.56 Å². The van der Waals surface area contributed by atoms with Crippen LogP contribution in [0.15, 0.2) is 47.0 Å². The fourth-order valence-corrected chi connectivity index (χ4v) is 2.76. The van der Waals surface area contributed by atoms with Crippen molar-refractivity contribution >= 4 is 26.7 Å². The third-order valence-electron chi connectivity index (χ3n) is 3.06. The first-order chi connectivity index (χ1) is 8.68. The molecule has 0 aliphatic carbocycles. The Morgan fingerprint density at radius 2 is 2.00 bits per heavy atom.